The molecule has 1 heterocycles. The molecule has 0 bridgehead atoms. The molecule has 0 aliphatic carbocycles. The third-order valence-electron chi connectivity index (χ3n) is 4.50. The average Bonchev–Trinajstić information content (AvgIpc) is 2.63. The first-order chi connectivity index (χ1) is 12.1. The molecular formula is C20H23N3O2. The van der Waals surface area contributed by atoms with Crippen LogP contribution in [0.5, 0.6) is 0 Å². The van der Waals surface area contributed by atoms with Gasteiger partial charge in [-0.05, 0) is 43.0 Å². The van der Waals surface area contributed by atoms with Crippen LogP contribution in [0.4, 0.5) is 16.2 Å². The van der Waals surface area contributed by atoms with E-state index in [1.165, 1.54) is 0 Å². The van der Waals surface area contributed by atoms with Crippen LogP contribution >= 0.6 is 0 Å². The molecule has 1 atom stereocenters. The highest BCUT2D eigenvalue weighted by atomic mass is 16.2. The zero-order valence-corrected chi connectivity index (χ0v) is 14.2. The molecule has 130 valence electrons. The van der Waals surface area contributed by atoms with Gasteiger partial charge in [0.1, 0.15) is 0 Å². The Hall–Kier alpha value is -2.82. The molecular weight excluding hydrogens is 314 g/mol. The minimum atomic E-state index is -0.303. The highest BCUT2D eigenvalue weighted by Gasteiger charge is 2.29. The number of primary amides is 1. The summed E-state index contributed by atoms with van der Waals surface area (Å²) < 4.78 is 0. The average molecular weight is 337 g/mol. The lowest BCUT2D eigenvalue weighted by atomic mass is 9.95. The van der Waals surface area contributed by atoms with E-state index in [1.54, 1.807) is 4.90 Å². The van der Waals surface area contributed by atoms with Crippen LogP contribution in [0.15, 0.2) is 60.7 Å². The van der Waals surface area contributed by atoms with E-state index in [0.717, 1.165) is 24.2 Å². The van der Waals surface area contributed by atoms with Gasteiger partial charge in [0, 0.05) is 19.5 Å². The number of urea groups is 1. The lowest BCUT2D eigenvalue weighted by molar-refractivity contribution is -0.119. The second-order valence-corrected chi connectivity index (χ2v) is 6.41. The lowest BCUT2D eigenvalue weighted by Gasteiger charge is -2.36. The molecule has 1 aliphatic heterocycles. The van der Waals surface area contributed by atoms with Crippen molar-refractivity contribution in [2.45, 2.75) is 19.3 Å². The highest BCUT2D eigenvalue weighted by Crippen LogP contribution is 2.28. The fourth-order valence-electron chi connectivity index (χ4n) is 3.36. The van der Waals surface area contributed by atoms with E-state index in [2.05, 4.69) is 0 Å². The van der Waals surface area contributed by atoms with Gasteiger partial charge in [0.15, 0.2) is 0 Å². The zero-order valence-electron chi connectivity index (χ0n) is 14.2. The van der Waals surface area contributed by atoms with Gasteiger partial charge in [0.25, 0.3) is 0 Å². The molecule has 25 heavy (non-hydrogen) atoms. The first-order valence-corrected chi connectivity index (χ1v) is 8.62. The van der Waals surface area contributed by atoms with E-state index >= 15 is 0 Å². The summed E-state index contributed by atoms with van der Waals surface area (Å²) in [6.07, 6.45) is 2.16. The maximum atomic E-state index is 13.3. The van der Waals surface area contributed by atoms with Gasteiger partial charge in [-0.2, -0.15) is 0 Å². The largest absolute Gasteiger partial charge is 0.370 e. The number of para-hydroxylation sites is 2. The number of hydrogen-bond acceptors (Lipinski definition) is 2. The fraction of sp³-hybridized carbons (Fsp3) is 0.300. The van der Waals surface area contributed by atoms with Gasteiger partial charge in [-0.3, -0.25) is 9.69 Å². The topological polar surface area (TPSA) is 66.6 Å². The number of anilines is 2. The van der Waals surface area contributed by atoms with Crippen molar-refractivity contribution in [3.63, 3.8) is 0 Å². The van der Waals surface area contributed by atoms with Crippen molar-refractivity contribution in [3.05, 3.63) is 60.7 Å². The number of piperidine rings is 1. The van der Waals surface area contributed by atoms with Crippen molar-refractivity contribution in [3.8, 4) is 0 Å². The first-order valence-electron chi connectivity index (χ1n) is 8.62. The second kappa shape index (κ2) is 7.83. The number of nitrogens with zero attached hydrogens (tertiary/aromatic N) is 2. The van der Waals surface area contributed by atoms with E-state index < -0.39 is 0 Å². The van der Waals surface area contributed by atoms with Crippen LogP contribution < -0.4 is 10.6 Å². The molecule has 2 N–H and O–H groups in total. The fourth-order valence-corrected chi connectivity index (χ4v) is 3.36. The van der Waals surface area contributed by atoms with Crippen molar-refractivity contribution in [1.29, 1.82) is 0 Å². The van der Waals surface area contributed by atoms with Crippen molar-refractivity contribution in [1.82, 2.24) is 4.90 Å². The van der Waals surface area contributed by atoms with Crippen LogP contribution in [-0.2, 0) is 4.79 Å². The summed E-state index contributed by atoms with van der Waals surface area (Å²) in [5, 5.41) is 0. The number of hydrogen-bond donors (Lipinski definition) is 1. The summed E-state index contributed by atoms with van der Waals surface area (Å²) in [5.41, 5.74) is 6.99. The van der Waals surface area contributed by atoms with Gasteiger partial charge in [0.2, 0.25) is 5.91 Å². The van der Waals surface area contributed by atoms with Crippen molar-refractivity contribution in [2.75, 3.05) is 18.0 Å². The molecule has 3 amide bonds. The lowest BCUT2D eigenvalue weighted by Crippen LogP contribution is -2.46. The van der Waals surface area contributed by atoms with Crippen LogP contribution in [0.1, 0.15) is 19.3 Å². The Morgan fingerprint density at radius 2 is 1.56 bits per heavy atom. The normalized spacial score (nSPS) is 17.1. The van der Waals surface area contributed by atoms with Gasteiger partial charge in [-0.15, -0.1) is 0 Å². The quantitative estimate of drug-likeness (QED) is 0.927. The third-order valence-corrected chi connectivity index (χ3v) is 4.50. The molecule has 1 fully saturated rings. The second-order valence-electron chi connectivity index (χ2n) is 6.41. The first kappa shape index (κ1) is 17.0. The van der Waals surface area contributed by atoms with Crippen LogP contribution in [0, 0.1) is 5.92 Å². The number of nitrogens with two attached hydrogens (primary N) is 1. The molecule has 0 radical (unpaired) electrons. The van der Waals surface area contributed by atoms with Gasteiger partial charge in [-0.25, -0.2) is 4.79 Å². The maximum absolute atomic E-state index is 13.3. The minimum absolute atomic E-state index is 0.0634. The van der Waals surface area contributed by atoms with Crippen molar-refractivity contribution in [2.24, 2.45) is 11.7 Å². The number of amides is 3. The number of likely N-dealkylation sites (tertiary alicyclic amines) is 1. The summed E-state index contributed by atoms with van der Waals surface area (Å²) in [7, 11) is 0. The van der Waals surface area contributed by atoms with Crippen molar-refractivity contribution < 1.29 is 9.59 Å². The molecule has 0 aromatic heterocycles. The van der Waals surface area contributed by atoms with E-state index in [0.29, 0.717) is 19.5 Å². The van der Waals surface area contributed by atoms with Crippen LogP contribution in [-0.4, -0.2) is 29.9 Å². The monoisotopic (exact) mass is 337 g/mol. The molecule has 0 unspecified atom stereocenters. The zero-order chi connectivity index (χ0) is 17.6. The van der Waals surface area contributed by atoms with Crippen LogP contribution in [0.25, 0.3) is 0 Å². The smallest absolute Gasteiger partial charge is 0.329 e. The van der Waals surface area contributed by atoms with E-state index in [-0.39, 0.29) is 17.9 Å². The summed E-state index contributed by atoms with van der Waals surface area (Å²) >= 11 is 0. The summed E-state index contributed by atoms with van der Waals surface area (Å²) in [6.45, 7) is 1.27. The Balaban J connectivity index is 1.86. The Kier molecular flexibility index (Phi) is 5.33. The SMILES string of the molecule is NC(=O)C[C@@H]1CCCN(C(=O)N(c2ccccc2)c2ccccc2)C1. The molecule has 5 nitrogen and oxygen atoms in total. The molecule has 1 aliphatic rings. The molecule has 5 heteroatoms. The predicted molar refractivity (Wildman–Crippen MR) is 98.5 cm³/mol. The van der Waals surface area contributed by atoms with E-state index in [1.807, 2.05) is 65.6 Å². The molecule has 3 rings (SSSR count). The van der Waals surface area contributed by atoms with Crippen LogP contribution in [0.3, 0.4) is 0 Å². The third kappa shape index (κ3) is 4.18. The van der Waals surface area contributed by atoms with Gasteiger partial charge < -0.3 is 10.6 Å². The summed E-state index contributed by atoms with van der Waals surface area (Å²) in [6, 6.07) is 19.2. The van der Waals surface area contributed by atoms with Crippen molar-refractivity contribution >= 4 is 23.3 Å². The molecule has 1 saturated heterocycles. The summed E-state index contributed by atoms with van der Waals surface area (Å²) in [4.78, 5) is 28.1. The van der Waals surface area contributed by atoms with Crippen LogP contribution in [0.2, 0.25) is 0 Å². The minimum Gasteiger partial charge on any atom is -0.370 e. The molecule has 0 spiro atoms. The van der Waals surface area contributed by atoms with Gasteiger partial charge in [-0.1, -0.05) is 36.4 Å². The standard InChI is InChI=1S/C20H23N3O2/c21-19(24)14-16-8-7-13-22(15-16)20(25)23(17-9-3-1-4-10-17)18-11-5-2-6-12-18/h1-6,9-12,16H,7-8,13-15H2,(H2,21,24)/t16-/m0/s1. The van der Waals surface area contributed by atoms with Gasteiger partial charge in [0.05, 0.1) is 11.4 Å². The van der Waals surface area contributed by atoms with Gasteiger partial charge >= 0.3 is 6.03 Å². The number of carbonyl (C=O) groups is 2. The van der Waals surface area contributed by atoms with E-state index in [9.17, 15) is 9.59 Å². The Morgan fingerprint density at radius 1 is 1.00 bits per heavy atom. The Morgan fingerprint density at radius 3 is 2.08 bits per heavy atom. The van der Waals surface area contributed by atoms with E-state index in [4.69, 9.17) is 5.73 Å². The number of rotatable bonds is 4. The molecule has 2 aromatic carbocycles. The molecule has 2 aromatic rings. The number of benzene rings is 2. The molecule has 0 saturated carbocycles. The summed E-state index contributed by atoms with van der Waals surface area (Å²) in [5.74, 6) is -0.161. The highest BCUT2D eigenvalue weighted by molar-refractivity contribution is 5.99. The Labute approximate surface area is 148 Å². The Bertz CT molecular complexity index is 679. The number of carbonyl (C=O) groups excluding carboxylic acids is 2. The maximum Gasteiger partial charge on any atom is 0.329 e. The predicted octanol–water partition coefficient (Wildman–Crippen LogP) is 3.53.